The fourth-order valence-corrected chi connectivity index (χ4v) is 3.07. The van der Waals surface area contributed by atoms with Gasteiger partial charge in [-0.25, -0.2) is 0 Å². The van der Waals surface area contributed by atoms with Crippen molar-refractivity contribution in [2.24, 2.45) is 7.05 Å². The minimum Gasteiger partial charge on any atom is -0.308 e. The van der Waals surface area contributed by atoms with Crippen molar-refractivity contribution in [1.82, 2.24) is 15.1 Å². The molecular formula is C10H12IN3S. The van der Waals surface area contributed by atoms with Gasteiger partial charge in [-0.05, 0) is 34.7 Å². The zero-order chi connectivity index (χ0) is 10.7. The van der Waals surface area contributed by atoms with Crippen molar-refractivity contribution in [1.29, 1.82) is 0 Å². The molecule has 0 aliphatic heterocycles. The Labute approximate surface area is 107 Å². The Hall–Kier alpha value is -0.400. The molecule has 0 spiro atoms. The largest absolute Gasteiger partial charge is 0.308 e. The van der Waals surface area contributed by atoms with Gasteiger partial charge in [0.05, 0.1) is 9.08 Å². The molecule has 0 unspecified atom stereocenters. The molecule has 15 heavy (non-hydrogen) atoms. The summed E-state index contributed by atoms with van der Waals surface area (Å²) in [5, 5.41) is 7.52. The number of rotatable bonds is 4. The normalized spacial score (nSPS) is 10.8. The molecule has 5 heteroatoms. The zero-order valence-electron chi connectivity index (χ0n) is 8.40. The van der Waals surface area contributed by atoms with E-state index < -0.39 is 0 Å². The highest BCUT2D eigenvalue weighted by Crippen LogP contribution is 2.17. The second-order valence-electron chi connectivity index (χ2n) is 3.33. The average molecular weight is 333 g/mol. The van der Waals surface area contributed by atoms with Gasteiger partial charge in [-0.1, -0.05) is 0 Å². The van der Waals surface area contributed by atoms with Crippen molar-refractivity contribution in [3.63, 3.8) is 0 Å². The number of hydrogen-bond donors (Lipinski definition) is 1. The quantitative estimate of drug-likeness (QED) is 0.871. The summed E-state index contributed by atoms with van der Waals surface area (Å²) in [6, 6.07) is 4.31. The van der Waals surface area contributed by atoms with Gasteiger partial charge in [0.25, 0.3) is 0 Å². The number of thiophene rings is 1. The first-order valence-corrected chi connectivity index (χ1v) is 6.56. The second kappa shape index (κ2) is 5.09. The maximum Gasteiger partial charge on any atom is 0.0656 e. The van der Waals surface area contributed by atoms with Gasteiger partial charge >= 0.3 is 0 Å². The van der Waals surface area contributed by atoms with Crippen LogP contribution >= 0.6 is 33.9 Å². The van der Waals surface area contributed by atoms with Gasteiger partial charge in [-0.2, -0.15) is 5.10 Å². The number of nitrogens with one attached hydrogen (secondary N) is 1. The van der Waals surface area contributed by atoms with Crippen LogP contribution in [0.2, 0.25) is 0 Å². The fraction of sp³-hybridized carbons (Fsp3) is 0.300. The highest BCUT2D eigenvalue weighted by molar-refractivity contribution is 14.1. The van der Waals surface area contributed by atoms with Crippen molar-refractivity contribution in [2.75, 3.05) is 0 Å². The van der Waals surface area contributed by atoms with E-state index in [2.05, 4.69) is 45.1 Å². The minimum atomic E-state index is 0.877. The molecule has 1 N–H and O–H groups in total. The lowest BCUT2D eigenvalue weighted by molar-refractivity contribution is 0.699. The Morgan fingerprint density at radius 2 is 2.33 bits per heavy atom. The smallest absolute Gasteiger partial charge is 0.0656 e. The number of halogens is 1. The van der Waals surface area contributed by atoms with Crippen LogP contribution in [0, 0.1) is 2.88 Å². The third kappa shape index (κ3) is 3.29. The molecule has 0 saturated carbocycles. The summed E-state index contributed by atoms with van der Waals surface area (Å²) < 4.78 is 3.16. The van der Waals surface area contributed by atoms with E-state index in [4.69, 9.17) is 0 Å². The van der Waals surface area contributed by atoms with Crippen LogP contribution in [-0.4, -0.2) is 9.78 Å². The summed E-state index contributed by atoms with van der Waals surface area (Å²) in [6.45, 7) is 1.81. The summed E-state index contributed by atoms with van der Waals surface area (Å²) in [5.41, 5.74) is 1.23. The second-order valence-corrected chi connectivity index (χ2v) is 6.39. The summed E-state index contributed by atoms with van der Waals surface area (Å²) in [6.07, 6.45) is 3.93. The molecule has 2 heterocycles. The molecule has 3 nitrogen and oxygen atoms in total. The first-order valence-electron chi connectivity index (χ1n) is 4.66. The lowest BCUT2D eigenvalue weighted by Gasteiger charge is -1.99. The Morgan fingerprint density at radius 1 is 1.47 bits per heavy atom. The van der Waals surface area contributed by atoms with Gasteiger partial charge in [0, 0.05) is 36.8 Å². The number of aromatic nitrogens is 2. The van der Waals surface area contributed by atoms with Crippen molar-refractivity contribution in [3.8, 4) is 0 Å². The third-order valence-corrected chi connectivity index (χ3v) is 3.91. The molecular weight excluding hydrogens is 321 g/mol. The zero-order valence-corrected chi connectivity index (χ0v) is 11.4. The SMILES string of the molecule is Cn1cc(CNCc2ccc(I)s2)cn1. The summed E-state index contributed by atoms with van der Waals surface area (Å²) in [5.74, 6) is 0. The molecule has 0 aromatic carbocycles. The highest BCUT2D eigenvalue weighted by atomic mass is 127. The third-order valence-electron chi connectivity index (χ3n) is 2.02. The minimum absolute atomic E-state index is 0.877. The molecule has 0 aliphatic rings. The summed E-state index contributed by atoms with van der Waals surface area (Å²) in [4.78, 5) is 1.38. The Morgan fingerprint density at radius 3 is 2.93 bits per heavy atom. The van der Waals surface area contributed by atoms with Crippen molar-refractivity contribution < 1.29 is 0 Å². The van der Waals surface area contributed by atoms with E-state index in [-0.39, 0.29) is 0 Å². The van der Waals surface area contributed by atoms with E-state index in [1.54, 1.807) is 0 Å². The molecule has 0 bridgehead atoms. The first kappa shape index (κ1) is 11.1. The van der Waals surface area contributed by atoms with Gasteiger partial charge in [0.1, 0.15) is 0 Å². The van der Waals surface area contributed by atoms with Crippen LogP contribution in [0.15, 0.2) is 24.5 Å². The fourth-order valence-electron chi connectivity index (χ4n) is 1.34. The maximum atomic E-state index is 4.12. The predicted molar refractivity (Wildman–Crippen MR) is 70.8 cm³/mol. The van der Waals surface area contributed by atoms with Crippen molar-refractivity contribution in [3.05, 3.63) is 37.9 Å². The molecule has 0 amide bonds. The first-order chi connectivity index (χ1) is 7.24. The predicted octanol–water partition coefficient (Wildman–Crippen LogP) is 2.38. The van der Waals surface area contributed by atoms with Crippen molar-refractivity contribution in [2.45, 2.75) is 13.1 Å². The molecule has 0 atom stereocenters. The molecule has 0 saturated heterocycles. The van der Waals surface area contributed by atoms with E-state index in [0.717, 1.165) is 13.1 Å². The molecule has 0 aliphatic carbocycles. The maximum absolute atomic E-state index is 4.12. The van der Waals surface area contributed by atoms with Gasteiger partial charge in [0.2, 0.25) is 0 Å². The number of aryl methyl sites for hydroxylation is 1. The Balaban J connectivity index is 1.80. The van der Waals surface area contributed by atoms with Crippen LogP contribution in [0.4, 0.5) is 0 Å². The van der Waals surface area contributed by atoms with Crippen molar-refractivity contribution >= 4 is 33.9 Å². The topological polar surface area (TPSA) is 29.9 Å². The molecule has 2 rings (SSSR count). The van der Waals surface area contributed by atoms with Crippen LogP contribution in [0.1, 0.15) is 10.4 Å². The van der Waals surface area contributed by atoms with E-state index in [1.807, 2.05) is 35.5 Å². The van der Waals surface area contributed by atoms with Gasteiger partial charge in [-0.15, -0.1) is 11.3 Å². The van der Waals surface area contributed by atoms with Gasteiger partial charge in [0.15, 0.2) is 0 Å². The Kier molecular flexibility index (Phi) is 3.76. The van der Waals surface area contributed by atoms with Crippen LogP contribution in [0.3, 0.4) is 0 Å². The van der Waals surface area contributed by atoms with Crippen LogP contribution in [-0.2, 0) is 20.1 Å². The van der Waals surface area contributed by atoms with E-state index in [1.165, 1.54) is 13.3 Å². The highest BCUT2D eigenvalue weighted by Gasteiger charge is 1.98. The molecule has 0 radical (unpaired) electrons. The summed E-state index contributed by atoms with van der Waals surface area (Å²) >= 11 is 4.18. The molecule has 2 aromatic rings. The van der Waals surface area contributed by atoms with E-state index in [9.17, 15) is 0 Å². The van der Waals surface area contributed by atoms with Crippen LogP contribution in [0.25, 0.3) is 0 Å². The lowest BCUT2D eigenvalue weighted by Crippen LogP contribution is -2.11. The monoisotopic (exact) mass is 333 g/mol. The van der Waals surface area contributed by atoms with Crippen LogP contribution in [0.5, 0.6) is 0 Å². The van der Waals surface area contributed by atoms with Gasteiger partial charge < -0.3 is 5.32 Å². The molecule has 0 fully saturated rings. The Bertz CT molecular complexity index is 395. The molecule has 2 aromatic heterocycles. The number of hydrogen-bond acceptors (Lipinski definition) is 3. The van der Waals surface area contributed by atoms with E-state index >= 15 is 0 Å². The standard InChI is InChI=1S/C10H12IN3S/c1-14-7-8(5-13-14)4-12-6-9-2-3-10(11)15-9/h2-3,5,7,12H,4,6H2,1H3. The van der Waals surface area contributed by atoms with Gasteiger partial charge in [-0.3, -0.25) is 4.68 Å². The van der Waals surface area contributed by atoms with Crippen LogP contribution < -0.4 is 5.32 Å². The lowest BCUT2D eigenvalue weighted by atomic mass is 10.3. The molecule has 80 valence electrons. The average Bonchev–Trinajstić information content (AvgIpc) is 2.76. The summed E-state index contributed by atoms with van der Waals surface area (Å²) in [7, 11) is 1.94. The number of nitrogens with zero attached hydrogens (tertiary/aromatic N) is 2. The van der Waals surface area contributed by atoms with E-state index in [0.29, 0.717) is 0 Å².